The maximum atomic E-state index is 2.60. The van der Waals surface area contributed by atoms with Gasteiger partial charge in [0.1, 0.15) is 0 Å². The third-order valence-electron chi connectivity index (χ3n) is 31.2. The van der Waals surface area contributed by atoms with Gasteiger partial charge in [0.05, 0.1) is 16.2 Å². The van der Waals surface area contributed by atoms with Crippen molar-refractivity contribution in [2.45, 2.75) is 16.2 Å². The van der Waals surface area contributed by atoms with Gasteiger partial charge in [0, 0.05) is 51.2 Å². The largest absolute Gasteiger partial charge is 0.311 e. The van der Waals surface area contributed by atoms with Crippen molar-refractivity contribution in [3.8, 4) is 100 Å². The number of fused-ring (bicyclic) bond motifs is 33. The average molecular weight is 1830 g/mol. The van der Waals surface area contributed by atoms with E-state index in [1.807, 2.05) is 0 Å². The van der Waals surface area contributed by atoms with E-state index in [-0.39, 0.29) is 0 Å². The molecule has 0 amide bonds. The van der Waals surface area contributed by atoms with E-state index in [1.54, 1.807) is 0 Å². The minimum Gasteiger partial charge on any atom is -0.311 e. The van der Waals surface area contributed by atoms with Crippen LogP contribution >= 0.6 is 0 Å². The average Bonchev–Trinajstić information content (AvgIpc) is 1.45. The maximum Gasteiger partial charge on any atom is 0.0731 e. The summed E-state index contributed by atoms with van der Waals surface area (Å²) in [7, 11) is 0. The molecule has 144 heavy (non-hydrogen) atoms. The molecule has 0 N–H and O–H groups in total. The highest BCUT2D eigenvalue weighted by atomic mass is 15.2. The van der Waals surface area contributed by atoms with Crippen LogP contribution in [0.15, 0.2) is 528 Å². The van der Waals surface area contributed by atoms with Crippen LogP contribution in [0.25, 0.3) is 137 Å². The summed E-state index contributed by atoms with van der Waals surface area (Å²) >= 11 is 0. The molecule has 0 radical (unpaired) electrons. The molecule has 6 aliphatic rings. The lowest BCUT2D eigenvalue weighted by Gasteiger charge is -2.37. The molecule has 0 unspecified atom stereocenters. The first kappa shape index (κ1) is 83.6. The van der Waals surface area contributed by atoms with Crippen molar-refractivity contribution in [3.63, 3.8) is 0 Å². The predicted octanol–water partition coefficient (Wildman–Crippen LogP) is 36.6. The summed E-state index contributed by atoms with van der Waals surface area (Å²) in [6.45, 7) is 0. The van der Waals surface area contributed by atoms with Gasteiger partial charge in [-0.05, 0) is 328 Å². The Morgan fingerprint density at radius 1 is 0.125 bits per heavy atom. The second-order valence-electron chi connectivity index (χ2n) is 38.7. The zero-order valence-electron chi connectivity index (χ0n) is 79.0. The summed E-state index contributed by atoms with van der Waals surface area (Å²) in [5.41, 5.74) is 52.1. The van der Waals surface area contributed by atoms with Crippen molar-refractivity contribution in [2.75, 3.05) is 14.7 Å². The van der Waals surface area contributed by atoms with Gasteiger partial charge in [-0.15, -0.1) is 0 Å². The summed E-state index contributed by atoms with van der Waals surface area (Å²) in [6, 6.07) is 198. The number of nitrogens with zero attached hydrogens (tertiary/aromatic N) is 3. The molecule has 6 aliphatic carbocycles. The van der Waals surface area contributed by atoms with Crippen LogP contribution < -0.4 is 14.7 Å². The third-order valence-corrected chi connectivity index (χ3v) is 31.2. The summed E-state index contributed by atoms with van der Waals surface area (Å²) < 4.78 is 0. The highest BCUT2D eigenvalue weighted by molar-refractivity contribution is 6.14. The van der Waals surface area contributed by atoms with Crippen LogP contribution in [0.2, 0.25) is 0 Å². The molecule has 0 saturated heterocycles. The van der Waals surface area contributed by atoms with E-state index in [9.17, 15) is 0 Å². The molecule has 28 rings (SSSR count). The SMILES string of the molecule is C(=C\c1ccc2c(c1)C1(c3ccccc3-c3ccccc31)c1c-2c2c(c3c1-c1ccc(/C=C/c4ccc(-c5ccc(N(c6ccccc6)c6ccccc6)cc5)cc4)cc1C31c3ccccc3-c3ccccc31)-c1ccc(/C=C/c3ccc(-c4ccc(N(c5ccccc5)c5ccccc5)cc4)cc3)cc1C21c2ccccc2-c2ccccc21)/c1ccc(-c2ccc(N(c3ccccc3)c3ccccc3)cc2)cc1. The summed E-state index contributed by atoms with van der Waals surface area (Å²) in [4.78, 5) is 6.96. The number of rotatable bonds is 18. The Bertz CT molecular complexity index is 7810. The van der Waals surface area contributed by atoms with Gasteiger partial charge < -0.3 is 14.7 Å². The molecule has 22 aromatic carbocycles. The quantitative estimate of drug-likeness (QED) is 0.0793. The third kappa shape index (κ3) is 13.0. The lowest BCUT2D eigenvalue weighted by molar-refractivity contribution is 0.764. The van der Waals surface area contributed by atoms with Gasteiger partial charge in [-0.1, -0.05) is 437 Å². The Morgan fingerprint density at radius 3 is 0.486 bits per heavy atom. The van der Waals surface area contributed by atoms with Crippen molar-refractivity contribution in [1.29, 1.82) is 0 Å². The molecule has 0 atom stereocenters. The van der Waals surface area contributed by atoms with E-state index in [2.05, 4.69) is 579 Å². The normalized spacial score (nSPS) is 13.5. The smallest absolute Gasteiger partial charge is 0.0731 e. The second-order valence-corrected chi connectivity index (χ2v) is 38.7. The van der Waals surface area contributed by atoms with Crippen molar-refractivity contribution < 1.29 is 0 Å². The number of hydrogen-bond donors (Lipinski definition) is 0. The summed E-state index contributed by atoms with van der Waals surface area (Å²) in [6.07, 6.45) is 14.1. The minimum absolute atomic E-state index is 0.860. The van der Waals surface area contributed by atoms with Gasteiger partial charge in [0.15, 0.2) is 0 Å². The van der Waals surface area contributed by atoms with Crippen molar-refractivity contribution >= 4 is 87.6 Å². The Morgan fingerprint density at radius 2 is 0.285 bits per heavy atom. The fourth-order valence-corrected chi connectivity index (χ4v) is 25.2. The first-order valence-electron chi connectivity index (χ1n) is 50.1. The van der Waals surface area contributed by atoms with Crippen LogP contribution in [0.4, 0.5) is 51.2 Å². The highest BCUT2D eigenvalue weighted by Gasteiger charge is 2.65. The van der Waals surface area contributed by atoms with Crippen LogP contribution in [0.5, 0.6) is 0 Å². The van der Waals surface area contributed by atoms with Gasteiger partial charge in [-0.2, -0.15) is 0 Å². The zero-order valence-corrected chi connectivity index (χ0v) is 79.0. The van der Waals surface area contributed by atoms with E-state index in [0.29, 0.717) is 0 Å². The molecule has 0 fully saturated rings. The van der Waals surface area contributed by atoms with E-state index < -0.39 is 16.2 Å². The number of para-hydroxylation sites is 6. The van der Waals surface area contributed by atoms with Crippen LogP contribution in [0, 0.1) is 0 Å². The van der Waals surface area contributed by atoms with Gasteiger partial charge in [-0.25, -0.2) is 0 Å². The van der Waals surface area contributed by atoms with Crippen LogP contribution in [-0.4, -0.2) is 0 Å². The molecular weight excluding hydrogens is 1740 g/mol. The molecule has 0 aromatic heterocycles. The fraction of sp³-hybridized carbons (Fsp3) is 0.0213. The first-order chi connectivity index (χ1) is 71.4. The van der Waals surface area contributed by atoms with Crippen molar-refractivity contribution in [3.05, 3.63) is 628 Å². The molecule has 3 nitrogen and oxygen atoms in total. The van der Waals surface area contributed by atoms with E-state index >= 15 is 0 Å². The molecule has 0 saturated carbocycles. The van der Waals surface area contributed by atoms with Gasteiger partial charge in [0.2, 0.25) is 0 Å². The topological polar surface area (TPSA) is 9.72 Å². The Kier molecular flexibility index (Phi) is 19.7. The number of anilines is 9. The van der Waals surface area contributed by atoms with Crippen molar-refractivity contribution in [1.82, 2.24) is 0 Å². The molecule has 3 spiro atoms. The highest BCUT2D eigenvalue weighted by Crippen LogP contribution is 2.77. The lowest BCUT2D eigenvalue weighted by atomic mass is 9.63. The molecule has 0 heterocycles. The molecule has 0 aliphatic heterocycles. The standard InChI is InChI=1S/C141H93N3/c1-7-31-106(32-8-1)142(107-33-9-2-10-34-107)112-82-76-103(77-83-112)100-70-61-94(62-71-100)55-58-97-67-88-121-130(91-97)139(124-49-25-19-43-115(124)116-44-20-26-50-125(116)139)136-133(121)137-135(123-90-69-99(93-132(123)140(137)126-51-27-21-45-117(126)118-46-22-28-52-127(118)140)60-57-96-65-74-102(75-66-96)105-80-86-114(87-81-105)144(110-39-15-5-16-40-110)111-41-17-6-18-42-111)138-134(136)122-89-68-98(92-131(122)141(138)128-53-29-23-47-119(128)120-48-24-30-54-129(120)141)59-56-95-63-72-101(73-64-95)104-78-84-113(85-79-104)143(108-35-11-3-12-36-108)109-37-13-4-14-38-109/h1-93H/b58-55+,59-56+,60-57+. The van der Waals surface area contributed by atoms with E-state index in [1.165, 1.54) is 134 Å². The molecule has 3 heteroatoms. The molecule has 672 valence electrons. The maximum absolute atomic E-state index is 2.60. The molecule has 22 aromatic rings. The second kappa shape index (κ2) is 33.9. The molecular formula is C141H93N3. The summed E-state index contributed by atoms with van der Waals surface area (Å²) in [5, 5.41) is 0. The predicted molar refractivity (Wildman–Crippen MR) is 602 cm³/mol. The number of benzene rings is 22. The molecule has 0 bridgehead atoms. The minimum atomic E-state index is -0.860. The summed E-state index contributed by atoms with van der Waals surface area (Å²) in [5.74, 6) is 0. The lowest BCUT2D eigenvalue weighted by Crippen LogP contribution is -2.31. The van der Waals surface area contributed by atoms with Crippen LogP contribution in [0.1, 0.15) is 100 Å². The van der Waals surface area contributed by atoms with Crippen molar-refractivity contribution in [2.24, 2.45) is 0 Å². The first-order valence-corrected chi connectivity index (χ1v) is 50.1. The van der Waals surface area contributed by atoms with Gasteiger partial charge in [-0.3, -0.25) is 0 Å². The van der Waals surface area contributed by atoms with Crippen LogP contribution in [-0.2, 0) is 16.2 Å². The van der Waals surface area contributed by atoms with E-state index in [4.69, 9.17) is 0 Å². The van der Waals surface area contributed by atoms with Gasteiger partial charge >= 0.3 is 0 Å². The monoisotopic (exact) mass is 1830 g/mol. The van der Waals surface area contributed by atoms with E-state index in [0.717, 1.165) is 118 Å². The Labute approximate surface area is 840 Å². The van der Waals surface area contributed by atoms with Gasteiger partial charge in [0.25, 0.3) is 0 Å². The fourth-order valence-electron chi connectivity index (χ4n) is 25.2. The Hall–Kier alpha value is -18.5. The number of hydrogen-bond acceptors (Lipinski definition) is 3. The Balaban J connectivity index is 0.631. The zero-order chi connectivity index (χ0) is 95.0. The van der Waals surface area contributed by atoms with Crippen LogP contribution in [0.3, 0.4) is 0 Å².